The van der Waals surface area contributed by atoms with Crippen LogP contribution in [0.15, 0.2) is 30.3 Å². The van der Waals surface area contributed by atoms with Crippen molar-refractivity contribution in [3.05, 3.63) is 35.9 Å². The lowest BCUT2D eigenvalue weighted by molar-refractivity contribution is -0.145. The summed E-state index contributed by atoms with van der Waals surface area (Å²) >= 11 is 0. The van der Waals surface area contributed by atoms with E-state index < -0.39 is 12.0 Å². The highest BCUT2D eigenvalue weighted by Gasteiger charge is 2.21. The van der Waals surface area contributed by atoms with E-state index in [0.29, 0.717) is 6.42 Å². The van der Waals surface area contributed by atoms with Crippen LogP contribution in [0.25, 0.3) is 0 Å². The van der Waals surface area contributed by atoms with Gasteiger partial charge in [-0.15, -0.1) is 0 Å². The van der Waals surface area contributed by atoms with Gasteiger partial charge in [-0.25, -0.2) is 0 Å². The molecule has 0 radical (unpaired) electrons. The summed E-state index contributed by atoms with van der Waals surface area (Å²) in [6.07, 6.45) is 0.464. The van der Waals surface area contributed by atoms with Gasteiger partial charge in [0.2, 0.25) is 0 Å². The number of hydrogen-bond donors (Lipinski definition) is 0. The number of ether oxygens (including phenoxy) is 1. The molecule has 82 valence electrons. The Kier molecular flexibility index (Phi) is 3.28. The molecule has 0 aliphatic heterocycles. The molecule has 0 N–H and O–H groups in total. The Morgan fingerprint density at radius 2 is 2.13 bits per heavy atom. The molecule has 1 rings (SSSR count). The molecular weight excluding hydrogens is 190 g/mol. The fourth-order valence-electron chi connectivity index (χ4n) is 1.33. The predicted molar refractivity (Wildman–Crippen MR) is 59.6 cm³/mol. The van der Waals surface area contributed by atoms with Gasteiger partial charge >= 0.3 is 5.97 Å². The van der Waals surface area contributed by atoms with Crippen molar-refractivity contribution in [3.63, 3.8) is 0 Å². The van der Waals surface area contributed by atoms with Gasteiger partial charge in [-0.1, -0.05) is 30.3 Å². The van der Waals surface area contributed by atoms with Gasteiger partial charge in [-0.05, 0) is 26.0 Å². The fraction of sp³-hybridized carbons (Fsp3) is 0.417. The Bertz CT molecular complexity index is 342. The van der Waals surface area contributed by atoms with E-state index in [2.05, 4.69) is 0 Å². The summed E-state index contributed by atoms with van der Waals surface area (Å²) in [7, 11) is 1.15. The Balaban J connectivity index is 2.80. The summed E-state index contributed by atoms with van der Waals surface area (Å²) in [6, 6.07) is 8.98. The molecule has 0 aliphatic carbocycles. The van der Waals surface area contributed by atoms with Crippen molar-refractivity contribution in [2.45, 2.75) is 12.5 Å². The normalized spacial score (nSPS) is 14.3. The third-order valence-electron chi connectivity index (χ3n) is 2.19. The van der Waals surface area contributed by atoms with Gasteiger partial charge in [0.05, 0.1) is 7.11 Å². The van der Waals surface area contributed by atoms with Crippen molar-refractivity contribution in [3.8, 4) is 0 Å². The summed E-state index contributed by atoms with van der Waals surface area (Å²) in [5.74, 6) is -0.395. The Hall–Kier alpha value is -1.35. The Labute approximate surface area is 93.5 Å². The molecule has 1 atom stereocenters. The van der Waals surface area contributed by atoms with Crippen LogP contribution in [0.5, 0.6) is 0 Å². The van der Waals surface area contributed by atoms with E-state index >= 15 is 0 Å². The lowest BCUT2D eigenvalue weighted by atomic mass is 10.1. The highest BCUT2D eigenvalue weighted by Crippen LogP contribution is 2.07. The number of likely N-dealkylation sites (N-methyl/N-ethyl adjacent to an activating group) is 1. The second-order valence-corrected chi connectivity index (χ2v) is 3.32. The molecule has 0 aliphatic rings. The molecule has 0 saturated carbocycles. The summed E-state index contributed by atoms with van der Waals surface area (Å²) < 4.78 is 19.4. The third kappa shape index (κ3) is 3.36. The van der Waals surface area contributed by atoms with E-state index in [9.17, 15) is 4.79 Å². The van der Waals surface area contributed by atoms with E-state index in [1.165, 1.54) is 12.0 Å². The van der Waals surface area contributed by atoms with Crippen LogP contribution in [0.2, 0.25) is 0 Å². The van der Waals surface area contributed by atoms with Gasteiger partial charge in [0.1, 0.15) is 6.04 Å². The zero-order valence-corrected chi connectivity index (χ0v) is 8.85. The summed E-state index contributed by atoms with van der Waals surface area (Å²) in [4.78, 5) is 13.1. The minimum absolute atomic E-state index is 0.0872. The van der Waals surface area contributed by atoms with E-state index in [-0.39, 0.29) is 14.0 Å². The van der Waals surface area contributed by atoms with E-state index in [4.69, 9.17) is 7.48 Å². The fourth-order valence-corrected chi connectivity index (χ4v) is 1.33. The van der Waals surface area contributed by atoms with Crippen molar-refractivity contribution in [1.29, 1.82) is 0 Å². The molecule has 3 nitrogen and oxygen atoms in total. The minimum atomic E-state index is -0.558. The number of carbonyl (C=O) groups excluding carboxylic acids is 1. The van der Waals surface area contributed by atoms with Crippen molar-refractivity contribution >= 4 is 5.97 Å². The topological polar surface area (TPSA) is 29.5 Å². The molecule has 0 bridgehead atoms. The monoisotopic (exact) mass is 209 g/mol. The standard InChI is InChI=1S/C12H17NO2/c1-13(2)11(12(14)15-3)9-10-7-5-4-6-8-10/h4-8,11H,9H2,1-3H3/t11-/m0/s1/i1D,2D. The molecule has 0 heterocycles. The first-order chi connectivity index (χ1) is 8.22. The summed E-state index contributed by atoms with van der Waals surface area (Å²) in [6.45, 7) is 0. The zero-order chi connectivity index (χ0) is 12.7. The van der Waals surface area contributed by atoms with Crippen LogP contribution < -0.4 is 0 Å². The Morgan fingerprint density at radius 3 is 2.67 bits per heavy atom. The van der Waals surface area contributed by atoms with Crippen molar-refractivity contribution in [2.24, 2.45) is 0 Å². The van der Waals surface area contributed by atoms with Crippen LogP contribution in [0.3, 0.4) is 0 Å². The first-order valence-electron chi connectivity index (χ1n) is 6.08. The van der Waals surface area contributed by atoms with E-state index in [1.807, 2.05) is 30.3 Å². The summed E-state index contributed by atoms with van der Waals surface area (Å²) in [5.41, 5.74) is 0.995. The van der Waals surface area contributed by atoms with Crippen molar-refractivity contribution < 1.29 is 12.3 Å². The second-order valence-electron chi connectivity index (χ2n) is 3.32. The van der Waals surface area contributed by atoms with Gasteiger partial charge in [-0.2, -0.15) is 0 Å². The van der Waals surface area contributed by atoms with E-state index in [1.54, 1.807) is 0 Å². The zero-order valence-electron chi connectivity index (χ0n) is 10.8. The number of hydrogen-bond acceptors (Lipinski definition) is 3. The molecule has 0 fully saturated rings. The number of benzene rings is 1. The first-order valence-corrected chi connectivity index (χ1v) is 4.67. The van der Waals surface area contributed by atoms with Crippen LogP contribution in [0.1, 0.15) is 8.30 Å². The SMILES string of the molecule is [2H]CN(C[2H])[C@@H](Cc1ccccc1)C(=O)OC. The van der Waals surface area contributed by atoms with Crippen LogP contribution in [0, 0.1) is 0 Å². The maximum absolute atomic E-state index is 11.6. The number of nitrogens with zero attached hydrogens (tertiary/aromatic N) is 1. The largest absolute Gasteiger partial charge is 0.468 e. The Morgan fingerprint density at radius 1 is 1.47 bits per heavy atom. The molecule has 0 spiro atoms. The van der Waals surface area contributed by atoms with Crippen LogP contribution >= 0.6 is 0 Å². The molecule has 0 unspecified atom stereocenters. The molecule has 0 amide bonds. The molecule has 1 aromatic carbocycles. The molecule has 3 heteroatoms. The van der Waals surface area contributed by atoms with Crippen LogP contribution in [-0.2, 0) is 16.0 Å². The molecule has 0 saturated heterocycles. The average Bonchev–Trinajstić information content (AvgIpc) is 2.39. The molecule has 1 aromatic rings. The van der Waals surface area contributed by atoms with Crippen LogP contribution in [-0.4, -0.2) is 38.1 Å². The average molecular weight is 209 g/mol. The van der Waals surface area contributed by atoms with Gasteiger partial charge in [-0.3, -0.25) is 9.69 Å². The predicted octanol–water partition coefficient (Wildman–Crippen LogP) is 1.33. The lowest BCUT2D eigenvalue weighted by Crippen LogP contribution is -2.38. The maximum atomic E-state index is 11.6. The highest BCUT2D eigenvalue weighted by molar-refractivity contribution is 5.76. The lowest BCUT2D eigenvalue weighted by Gasteiger charge is -2.21. The third-order valence-corrected chi connectivity index (χ3v) is 2.19. The highest BCUT2D eigenvalue weighted by atomic mass is 16.5. The van der Waals surface area contributed by atoms with Gasteiger partial charge in [0.25, 0.3) is 0 Å². The minimum Gasteiger partial charge on any atom is -0.468 e. The van der Waals surface area contributed by atoms with Gasteiger partial charge in [0.15, 0.2) is 0 Å². The number of carbonyl (C=O) groups is 1. The molecule has 15 heavy (non-hydrogen) atoms. The quantitative estimate of drug-likeness (QED) is 0.701. The van der Waals surface area contributed by atoms with E-state index in [0.717, 1.165) is 5.56 Å². The number of rotatable bonds is 4. The molecule has 0 aromatic heterocycles. The smallest absolute Gasteiger partial charge is 0.323 e. The maximum Gasteiger partial charge on any atom is 0.323 e. The van der Waals surface area contributed by atoms with Gasteiger partial charge in [0, 0.05) is 2.74 Å². The number of esters is 1. The second kappa shape index (κ2) is 5.51. The van der Waals surface area contributed by atoms with Crippen molar-refractivity contribution in [1.82, 2.24) is 4.90 Å². The van der Waals surface area contributed by atoms with Crippen molar-refractivity contribution in [2.75, 3.05) is 21.2 Å². The summed E-state index contributed by atoms with van der Waals surface area (Å²) in [5, 5.41) is 0. The van der Waals surface area contributed by atoms with Gasteiger partial charge < -0.3 is 4.74 Å². The number of methoxy groups -OCH3 is 1. The van der Waals surface area contributed by atoms with Crippen LogP contribution in [0.4, 0.5) is 0 Å². The first kappa shape index (κ1) is 8.92. The molecular formula is C12H17NO2.